The fraction of sp³-hybridized carbons (Fsp3) is 0.500. The van der Waals surface area contributed by atoms with Gasteiger partial charge < -0.3 is 5.32 Å². The number of hydrogen-bond donors (Lipinski definition) is 1. The molecule has 0 fully saturated rings. The van der Waals surface area contributed by atoms with E-state index in [0.717, 1.165) is 15.6 Å². The topological polar surface area (TPSA) is 48.7 Å². The molecule has 0 aromatic carbocycles. The Labute approximate surface area is 76.1 Å². The van der Waals surface area contributed by atoms with E-state index in [2.05, 4.69) is 10.3 Å². The summed E-state index contributed by atoms with van der Waals surface area (Å²) in [7, 11) is 0. The standard InChI is InChI=1S/C8H11N3S/c1-5(10-4-9)8-6(2)11-7(3)12-8/h5,10H,1-3H3. The molecule has 0 bridgehead atoms. The molecule has 1 unspecified atom stereocenters. The van der Waals surface area contributed by atoms with E-state index in [1.165, 1.54) is 0 Å². The van der Waals surface area contributed by atoms with Crippen LogP contribution >= 0.6 is 11.3 Å². The van der Waals surface area contributed by atoms with E-state index in [0.29, 0.717) is 0 Å². The van der Waals surface area contributed by atoms with E-state index in [9.17, 15) is 0 Å². The third kappa shape index (κ3) is 1.74. The first-order chi connectivity index (χ1) is 5.65. The fourth-order valence-electron chi connectivity index (χ4n) is 1.11. The fourth-order valence-corrected chi connectivity index (χ4v) is 2.04. The van der Waals surface area contributed by atoms with E-state index < -0.39 is 0 Å². The van der Waals surface area contributed by atoms with Crippen molar-refractivity contribution in [2.75, 3.05) is 0 Å². The maximum absolute atomic E-state index is 8.42. The van der Waals surface area contributed by atoms with Crippen LogP contribution in [-0.2, 0) is 0 Å². The molecule has 1 N–H and O–H groups in total. The second-order valence-electron chi connectivity index (χ2n) is 2.66. The van der Waals surface area contributed by atoms with Gasteiger partial charge in [0.25, 0.3) is 0 Å². The maximum Gasteiger partial charge on any atom is 0.177 e. The molecule has 1 aromatic heterocycles. The summed E-state index contributed by atoms with van der Waals surface area (Å²) in [4.78, 5) is 5.43. The molecule has 3 nitrogen and oxygen atoms in total. The van der Waals surface area contributed by atoms with Crippen molar-refractivity contribution in [3.63, 3.8) is 0 Å². The van der Waals surface area contributed by atoms with Crippen molar-refractivity contribution in [1.82, 2.24) is 10.3 Å². The lowest BCUT2D eigenvalue weighted by atomic mass is 10.2. The number of hydrogen-bond acceptors (Lipinski definition) is 4. The summed E-state index contributed by atoms with van der Waals surface area (Å²) < 4.78 is 0. The molecular weight excluding hydrogens is 170 g/mol. The van der Waals surface area contributed by atoms with Crippen LogP contribution in [0.2, 0.25) is 0 Å². The highest BCUT2D eigenvalue weighted by Gasteiger charge is 2.11. The zero-order chi connectivity index (χ0) is 9.14. The minimum absolute atomic E-state index is 0.0844. The Kier molecular flexibility index (Phi) is 2.66. The predicted octanol–water partition coefficient (Wildman–Crippen LogP) is 1.89. The number of thiazole rings is 1. The molecule has 0 saturated heterocycles. The normalized spacial score (nSPS) is 12.2. The van der Waals surface area contributed by atoms with Gasteiger partial charge in [-0.1, -0.05) is 0 Å². The monoisotopic (exact) mass is 181 g/mol. The Morgan fingerprint density at radius 2 is 2.25 bits per heavy atom. The molecule has 64 valence electrons. The van der Waals surface area contributed by atoms with E-state index in [1.54, 1.807) is 11.3 Å². The minimum Gasteiger partial charge on any atom is -0.316 e. The summed E-state index contributed by atoms with van der Waals surface area (Å²) >= 11 is 1.64. The molecule has 12 heavy (non-hydrogen) atoms. The average molecular weight is 181 g/mol. The van der Waals surface area contributed by atoms with Crippen LogP contribution < -0.4 is 5.32 Å². The van der Waals surface area contributed by atoms with Gasteiger partial charge in [-0.15, -0.1) is 11.3 Å². The van der Waals surface area contributed by atoms with Gasteiger partial charge in [0.15, 0.2) is 6.19 Å². The summed E-state index contributed by atoms with van der Waals surface area (Å²) in [6.07, 6.45) is 1.93. The van der Waals surface area contributed by atoms with Crippen molar-refractivity contribution in [3.8, 4) is 6.19 Å². The van der Waals surface area contributed by atoms with Gasteiger partial charge in [0.05, 0.1) is 21.6 Å². The number of aryl methyl sites for hydroxylation is 2. The van der Waals surface area contributed by atoms with Gasteiger partial charge in [0, 0.05) is 0 Å². The quantitative estimate of drug-likeness (QED) is 0.560. The van der Waals surface area contributed by atoms with Gasteiger partial charge in [-0.05, 0) is 20.8 Å². The van der Waals surface area contributed by atoms with E-state index in [1.807, 2.05) is 27.0 Å². The van der Waals surface area contributed by atoms with Crippen LogP contribution in [0.4, 0.5) is 0 Å². The molecular formula is C8H11N3S. The first-order valence-electron chi connectivity index (χ1n) is 3.73. The Morgan fingerprint density at radius 1 is 1.58 bits per heavy atom. The SMILES string of the molecule is Cc1nc(C)c(C(C)NC#N)s1. The first kappa shape index (κ1) is 9.01. The molecule has 0 spiro atoms. The van der Waals surface area contributed by atoms with Crippen LogP contribution in [-0.4, -0.2) is 4.98 Å². The predicted molar refractivity (Wildman–Crippen MR) is 48.8 cm³/mol. The number of nitriles is 1. The maximum atomic E-state index is 8.42. The lowest BCUT2D eigenvalue weighted by molar-refractivity contribution is 0.704. The molecule has 0 aliphatic heterocycles. The molecule has 0 aliphatic rings. The first-order valence-corrected chi connectivity index (χ1v) is 4.55. The third-order valence-electron chi connectivity index (χ3n) is 1.61. The van der Waals surface area contributed by atoms with Gasteiger partial charge in [0.2, 0.25) is 0 Å². The van der Waals surface area contributed by atoms with Crippen molar-refractivity contribution in [2.45, 2.75) is 26.8 Å². The molecule has 0 aliphatic carbocycles. The molecule has 0 saturated carbocycles. The van der Waals surface area contributed by atoms with Gasteiger partial charge in [0.1, 0.15) is 0 Å². The molecule has 1 aromatic rings. The molecule has 0 amide bonds. The summed E-state index contributed by atoms with van der Waals surface area (Å²) in [5.74, 6) is 0. The zero-order valence-electron chi connectivity index (χ0n) is 7.38. The van der Waals surface area contributed by atoms with Crippen molar-refractivity contribution in [2.24, 2.45) is 0 Å². The number of aromatic nitrogens is 1. The summed E-state index contributed by atoms with van der Waals surface area (Å²) in [5.41, 5.74) is 1.02. The second kappa shape index (κ2) is 3.55. The number of rotatable bonds is 2. The third-order valence-corrected chi connectivity index (χ3v) is 2.87. The van der Waals surface area contributed by atoms with E-state index >= 15 is 0 Å². The molecule has 0 radical (unpaired) electrons. The van der Waals surface area contributed by atoms with Crippen LogP contribution in [0.25, 0.3) is 0 Å². The van der Waals surface area contributed by atoms with Gasteiger partial charge in [-0.3, -0.25) is 0 Å². The summed E-state index contributed by atoms with van der Waals surface area (Å²) in [5, 5.41) is 12.2. The van der Waals surface area contributed by atoms with Gasteiger partial charge >= 0.3 is 0 Å². The van der Waals surface area contributed by atoms with E-state index in [4.69, 9.17) is 5.26 Å². The Hall–Kier alpha value is -1.08. The van der Waals surface area contributed by atoms with Crippen molar-refractivity contribution < 1.29 is 0 Å². The van der Waals surface area contributed by atoms with Crippen LogP contribution in [0.15, 0.2) is 0 Å². The van der Waals surface area contributed by atoms with Crippen molar-refractivity contribution in [3.05, 3.63) is 15.6 Å². The van der Waals surface area contributed by atoms with Crippen LogP contribution in [0.5, 0.6) is 0 Å². The number of nitrogens with zero attached hydrogens (tertiary/aromatic N) is 2. The smallest absolute Gasteiger partial charge is 0.177 e. The van der Waals surface area contributed by atoms with Gasteiger partial charge in [-0.2, -0.15) is 5.26 Å². The van der Waals surface area contributed by atoms with Gasteiger partial charge in [-0.25, -0.2) is 4.98 Å². The Balaban J connectivity index is 2.88. The lowest BCUT2D eigenvalue weighted by Crippen LogP contribution is -2.11. The van der Waals surface area contributed by atoms with Crippen LogP contribution in [0.3, 0.4) is 0 Å². The molecule has 4 heteroatoms. The zero-order valence-corrected chi connectivity index (χ0v) is 8.20. The van der Waals surface area contributed by atoms with E-state index in [-0.39, 0.29) is 6.04 Å². The Bertz CT molecular complexity index is 311. The van der Waals surface area contributed by atoms with Crippen LogP contribution in [0.1, 0.15) is 28.5 Å². The molecule has 1 atom stereocenters. The number of nitrogens with one attached hydrogen (secondary N) is 1. The molecule has 1 rings (SSSR count). The second-order valence-corrected chi connectivity index (χ2v) is 3.90. The molecule has 1 heterocycles. The van der Waals surface area contributed by atoms with Crippen molar-refractivity contribution in [1.29, 1.82) is 5.26 Å². The van der Waals surface area contributed by atoms with Crippen molar-refractivity contribution >= 4 is 11.3 Å². The largest absolute Gasteiger partial charge is 0.316 e. The van der Waals surface area contributed by atoms with Crippen LogP contribution in [0, 0.1) is 25.3 Å². The highest BCUT2D eigenvalue weighted by atomic mass is 32.1. The Morgan fingerprint density at radius 3 is 2.67 bits per heavy atom. The summed E-state index contributed by atoms with van der Waals surface area (Å²) in [6.45, 7) is 5.90. The summed E-state index contributed by atoms with van der Waals surface area (Å²) in [6, 6.07) is 0.0844. The highest BCUT2D eigenvalue weighted by molar-refractivity contribution is 7.11. The average Bonchev–Trinajstić information content (AvgIpc) is 2.30. The lowest BCUT2D eigenvalue weighted by Gasteiger charge is -2.05. The minimum atomic E-state index is 0.0844. The highest BCUT2D eigenvalue weighted by Crippen LogP contribution is 2.23.